The van der Waals surface area contributed by atoms with Gasteiger partial charge in [-0.05, 0) is 24.9 Å². The molecule has 1 aromatic heterocycles. The van der Waals surface area contributed by atoms with E-state index in [1.54, 1.807) is 6.26 Å². The van der Waals surface area contributed by atoms with Gasteiger partial charge in [-0.1, -0.05) is 18.2 Å². The second-order valence-electron chi connectivity index (χ2n) is 5.16. The highest BCUT2D eigenvalue weighted by molar-refractivity contribution is 7.91. The normalized spacial score (nSPS) is 22.0. The average molecular weight is 279 g/mol. The van der Waals surface area contributed by atoms with E-state index in [-0.39, 0.29) is 5.92 Å². The predicted octanol–water partition coefficient (Wildman–Crippen LogP) is 1.96. The van der Waals surface area contributed by atoms with Crippen LogP contribution in [-0.4, -0.2) is 26.5 Å². The third-order valence-electron chi connectivity index (χ3n) is 3.64. The van der Waals surface area contributed by atoms with Crippen molar-refractivity contribution < 1.29 is 12.8 Å². The first-order chi connectivity index (χ1) is 9.14. The van der Waals surface area contributed by atoms with Crippen LogP contribution < -0.4 is 5.32 Å². The van der Waals surface area contributed by atoms with E-state index in [4.69, 9.17) is 4.42 Å². The number of fused-ring (bicyclic) bond motifs is 1. The minimum Gasteiger partial charge on any atom is -0.464 e. The van der Waals surface area contributed by atoms with Crippen LogP contribution in [0, 0.1) is 5.92 Å². The summed E-state index contributed by atoms with van der Waals surface area (Å²) in [5.41, 5.74) is 2.01. The Kier molecular flexibility index (Phi) is 3.33. The number of rotatable bonds is 4. The lowest BCUT2D eigenvalue weighted by atomic mass is 10.1. The van der Waals surface area contributed by atoms with Gasteiger partial charge in [0, 0.05) is 17.5 Å². The van der Waals surface area contributed by atoms with E-state index in [1.165, 1.54) is 0 Å². The Morgan fingerprint density at radius 2 is 2.16 bits per heavy atom. The van der Waals surface area contributed by atoms with Gasteiger partial charge in [-0.2, -0.15) is 0 Å². The molecule has 0 spiro atoms. The summed E-state index contributed by atoms with van der Waals surface area (Å²) >= 11 is 0. The van der Waals surface area contributed by atoms with Crippen LogP contribution in [-0.2, 0) is 16.4 Å². The maximum Gasteiger partial charge on any atom is 0.150 e. The van der Waals surface area contributed by atoms with Crippen molar-refractivity contribution in [1.82, 2.24) is 5.32 Å². The molecule has 0 aliphatic carbocycles. The van der Waals surface area contributed by atoms with Crippen molar-refractivity contribution in [2.75, 3.05) is 18.1 Å². The van der Waals surface area contributed by atoms with Crippen molar-refractivity contribution in [3.05, 3.63) is 36.1 Å². The zero-order valence-corrected chi connectivity index (χ0v) is 11.4. The van der Waals surface area contributed by atoms with Crippen molar-refractivity contribution >= 4 is 20.8 Å². The molecule has 3 rings (SSSR count). The first kappa shape index (κ1) is 12.7. The van der Waals surface area contributed by atoms with Crippen LogP contribution >= 0.6 is 0 Å². The molecule has 1 N–H and O–H groups in total. The summed E-state index contributed by atoms with van der Waals surface area (Å²) in [5, 5.41) is 4.45. The van der Waals surface area contributed by atoms with E-state index >= 15 is 0 Å². The summed E-state index contributed by atoms with van der Waals surface area (Å²) in [4.78, 5) is 0. The number of para-hydroxylation sites is 1. The molecule has 19 heavy (non-hydrogen) atoms. The van der Waals surface area contributed by atoms with Crippen LogP contribution in [0.2, 0.25) is 0 Å². The standard InChI is InChI=1S/C14H17NO3S/c16-19(17)6-5-11(10-19)7-15-8-12-9-18-14-4-2-1-3-13(12)14/h1-4,9,11,15H,5-8,10H2. The molecule has 1 aromatic carbocycles. The monoisotopic (exact) mass is 279 g/mol. The summed E-state index contributed by atoms with van der Waals surface area (Å²) in [6.07, 6.45) is 2.55. The van der Waals surface area contributed by atoms with Crippen molar-refractivity contribution in [1.29, 1.82) is 0 Å². The number of hydrogen-bond acceptors (Lipinski definition) is 4. The highest BCUT2D eigenvalue weighted by Crippen LogP contribution is 2.21. The van der Waals surface area contributed by atoms with Crippen LogP contribution in [0.5, 0.6) is 0 Å². The topological polar surface area (TPSA) is 59.3 Å². The van der Waals surface area contributed by atoms with Crippen LogP contribution in [0.25, 0.3) is 11.0 Å². The second-order valence-corrected chi connectivity index (χ2v) is 7.39. The summed E-state index contributed by atoms with van der Waals surface area (Å²) in [6.45, 7) is 1.46. The Hall–Kier alpha value is -1.33. The third-order valence-corrected chi connectivity index (χ3v) is 5.47. The van der Waals surface area contributed by atoms with Gasteiger partial charge < -0.3 is 9.73 Å². The molecule has 2 aromatic rings. The van der Waals surface area contributed by atoms with Gasteiger partial charge in [0.05, 0.1) is 17.8 Å². The van der Waals surface area contributed by atoms with E-state index in [9.17, 15) is 8.42 Å². The Labute approximate surface area is 112 Å². The molecule has 5 heteroatoms. The quantitative estimate of drug-likeness (QED) is 0.929. The fraction of sp³-hybridized carbons (Fsp3) is 0.429. The van der Waals surface area contributed by atoms with E-state index in [0.717, 1.165) is 29.5 Å². The number of sulfone groups is 1. The first-order valence-corrected chi connectivity index (χ1v) is 8.32. The minimum atomic E-state index is -2.77. The molecule has 0 radical (unpaired) electrons. The van der Waals surface area contributed by atoms with Crippen molar-refractivity contribution in [2.45, 2.75) is 13.0 Å². The number of furan rings is 1. The molecule has 1 atom stereocenters. The summed E-state index contributed by atoms with van der Waals surface area (Å²) in [6, 6.07) is 7.93. The Morgan fingerprint density at radius 3 is 2.95 bits per heavy atom. The third kappa shape index (κ3) is 2.82. The fourth-order valence-corrected chi connectivity index (χ4v) is 4.48. The lowest BCUT2D eigenvalue weighted by Crippen LogP contribution is -2.23. The van der Waals surface area contributed by atoms with E-state index in [1.807, 2.05) is 24.3 Å². The number of hydrogen-bond donors (Lipinski definition) is 1. The highest BCUT2D eigenvalue weighted by Gasteiger charge is 2.27. The van der Waals surface area contributed by atoms with Crippen LogP contribution in [0.3, 0.4) is 0 Å². The maximum absolute atomic E-state index is 11.4. The average Bonchev–Trinajstić information content (AvgIpc) is 2.94. The first-order valence-electron chi connectivity index (χ1n) is 6.50. The summed E-state index contributed by atoms with van der Waals surface area (Å²) in [5.74, 6) is 0.920. The zero-order chi connectivity index (χ0) is 13.3. The molecular weight excluding hydrogens is 262 g/mol. The maximum atomic E-state index is 11.4. The lowest BCUT2D eigenvalue weighted by molar-refractivity contribution is 0.518. The zero-order valence-electron chi connectivity index (χ0n) is 10.6. The van der Waals surface area contributed by atoms with Crippen molar-refractivity contribution in [3.63, 3.8) is 0 Å². The molecule has 2 heterocycles. The number of nitrogens with one attached hydrogen (secondary N) is 1. The van der Waals surface area contributed by atoms with Gasteiger partial charge in [0.1, 0.15) is 5.58 Å². The summed E-state index contributed by atoms with van der Waals surface area (Å²) in [7, 11) is -2.77. The summed E-state index contributed by atoms with van der Waals surface area (Å²) < 4.78 is 28.2. The molecule has 1 aliphatic heterocycles. The lowest BCUT2D eigenvalue weighted by Gasteiger charge is -2.08. The molecule has 4 nitrogen and oxygen atoms in total. The van der Waals surface area contributed by atoms with Crippen molar-refractivity contribution in [3.8, 4) is 0 Å². The van der Waals surface area contributed by atoms with Gasteiger partial charge in [0.15, 0.2) is 9.84 Å². The van der Waals surface area contributed by atoms with E-state index < -0.39 is 9.84 Å². The van der Waals surface area contributed by atoms with Gasteiger partial charge in [-0.25, -0.2) is 8.42 Å². The molecule has 0 amide bonds. The smallest absolute Gasteiger partial charge is 0.150 e. The van der Waals surface area contributed by atoms with Crippen molar-refractivity contribution in [2.24, 2.45) is 5.92 Å². The van der Waals surface area contributed by atoms with Gasteiger partial charge in [0.25, 0.3) is 0 Å². The van der Waals surface area contributed by atoms with Gasteiger partial charge >= 0.3 is 0 Å². The fourth-order valence-electron chi connectivity index (χ4n) is 2.61. The van der Waals surface area contributed by atoms with E-state index in [2.05, 4.69) is 5.32 Å². The van der Waals surface area contributed by atoms with Crippen LogP contribution in [0.1, 0.15) is 12.0 Å². The molecule has 102 valence electrons. The van der Waals surface area contributed by atoms with E-state index in [0.29, 0.717) is 18.1 Å². The molecule has 0 saturated carbocycles. The molecular formula is C14H17NO3S. The number of benzene rings is 1. The van der Waals surface area contributed by atoms with Gasteiger partial charge in [0.2, 0.25) is 0 Å². The van der Waals surface area contributed by atoms with Crippen LogP contribution in [0.15, 0.2) is 34.9 Å². The van der Waals surface area contributed by atoms with Gasteiger partial charge in [-0.15, -0.1) is 0 Å². The molecule has 0 bridgehead atoms. The SMILES string of the molecule is O=S1(=O)CCC(CNCc2coc3ccccc23)C1. The van der Waals surface area contributed by atoms with Crippen LogP contribution in [0.4, 0.5) is 0 Å². The molecule has 1 fully saturated rings. The minimum absolute atomic E-state index is 0.253. The molecule has 1 unspecified atom stereocenters. The molecule has 1 aliphatic rings. The second kappa shape index (κ2) is 4.98. The molecule has 1 saturated heterocycles. The Bertz CT molecular complexity index is 675. The van der Waals surface area contributed by atoms with Gasteiger partial charge in [-0.3, -0.25) is 0 Å². The Balaban J connectivity index is 1.58. The predicted molar refractivity (Wildman–Crippen MR) is 74.7 cm³/mol. The Morgan fingerprint density at radius 1 is 1.32 bits per heavy atom. The highest BCUT2D eigenvalue weighted by atomic mass is 32.2. The largest absolute Gasteiger partial charge is 0.464 e.